The number of halogens is 1. The molecule has 1 amide bonds. The summed E-state index contributed by atoms with van der Waals surface area (Å²) >= 11 is 7.01. The first-order valence-corrected chi connectivity index (χ1v) is 14.1. The number of carbonyl (C=O) groups excluding carboxylic acids is 2. The molecule has 1 aliphatic carbocycles. The molecule has 2 fully saturated rings. The van der Waals surface area contributed by atoms with Crippen molar-refractivity contribution in [1.82, 2.24) is 24.9 Å². The molecule has 212 valence electrons. The fourth-order valence-corrected chi connectivity index (χ4v) is 6.54. The molecule has 1 saturated carbocycles. The minimum atomic E-state index is -0.332. The predicted molar refractivity (Wildman–Crippen MR) is 157 cm³/mol. The number of nitrogens with zero attached hydrogens (tertiary/aromatic N) is 4. The number of nitrogens with one attached hydrogen (secondary N) is 1. The number of benzene rings is 2. The maximum Gasteiger partial charge on any atom is 0.302 e. The lowest BCUT2D eigenvalue weighted by atomic mass is 9.60. The van der Waals surface area contributed by atoms with Gasteiger partial charge in [-0.15, -0.1) is 0 Å². The van der Waals surface area contributed by atoms with E-state index in [1.165, 1.54) is 13.0 Å². The Morgan fingerprint density at radius 2 is 1.90 bits per heavy atom. The molecule has 1 spiro atoms. The summed E-state index contributed by atoms with van der Waals surface area (Å²) in [6.07, 6.45) is 5.13. The smallest absolute Gasteiger partial charge is 0.302 e. The molecule has 2 aliphatic rings. The molecule has 10 heteroatoms. The lowest BCUT2D eigenvalue weighted by Gasteiger charge is -2.58. The third-order valence-corrected chi connectivity index (χ3v) is 8.76. The number of aryl methyl sites for hydroxylation is 1. The van der Waals surface area contributed by atoms with Gasteiger partial charge in [0.05, 0.1) is 22.8 Å². The number of esters is 1. The summed E-state index contributed by atoms with van der Waals surface area (Å²) in [5.41, 5.74) is 6.73. The van der Waals surface area contributed by atoms with Crippen LogP contribution in [0.25, 0.3) is 33.3 Å². The van der Waals surface area contributed by atoms with Gasteiger partial charge in [0.1, 0.15) is 24.7 Å². The number of aromatic amines is 1. The van der Waals surface area contributed by atoms with E-state index < -0.39 is 0 Å². The Hall–Kier alpha value is -4.11. The van der Waals surface area contributed by atoms with Crippen molar-refractivity contribution in [2.24, 2.45) is 5.41 Å². The first kappa shape index (κ1) is 27.1. The summed E-state index contributed by atoms with van der Waals surface area (Å²) in [6, 6.07) is 10.0. The van der Waals surface area contributed by atoms with E-state index in [-0.39, 0.29) is 36.5 Å². The minimum absolute atomic E-state index is 0.00376. The molecule has 1 saturated heterocycles. The van der Waals surface area contributed by atoms with E-state index in [0.717, 1.165) is 70.5 Å². The molecule has 2 aromatic carbocycles. The predicted octanol–water partition coefficient (Wildman–Crippen LogP) is 5.66. The lowest BCUT2D eigenvalue weighted by molar-refractivity contribution is -0.149. The summed E-state index contributed by atoms with van der Waals surface area (Å²) in [4.78, 5) is 24.9. The van der Waals surface area contributed by atoms with Gasteiger partial charge in [-0.3, -0.25) is 19.4 Å². The van der Waals surface area contributed by atoms with Crippen molar-refractivity contribution in [2.45, 2.75) is 39.7 Å². The highest BCUT2D eigenvalue weighted by Gasteiger charge is 2.54. The summed E-state index contributed by atoms with van der Waals surface area (Å²) in [5, 5.41) is 14.2. The number of H-pyrrole nitrogens is 1. The fraction of sp³-hybridized carbons (Fsp3) is 0.355. The van der Waals surface area contributed by atoms with Gasteiger partial charge in [-0.25, -0.2) is 0 Å². The Bertz CT molecular complexity index is 1660. The van der Waals surface area contributed by atoms with Crippen molar-refractivity contribution in [3.8, 4) is 28.1 Å². The number of rotatable bonds is 8. The van der Waals surface area contributed by atoms with Crippen LogP contribution in [0.1, 0.15) is 37.1 Å². The van der Waals surface area contributed by atoms with Crippen LogP contribution in [0, 0.1) is 19.3 Å². The average Bonchev–Trinajstić information content (AvgIpc) is 3.50. The highest BCUT2D eigenvalue weighted by atomic mass is 35.5. The zero-order valence-corrected chi connectivity index (χ0v) is 24.1. The van der Waals surface area contributed by atoms with Gasteiger partial charge in [0, 0.05) is 53.2 Å². The van der Waals surface area contributed by atoms with Crippen LogP contribution in [0.2, 0.25) is 5.02 Å². The summed E-state index contributed by atoms with van der Waals surface area (Å²) in [6.45, 7) is 11.1. The van der Waals surface area contributed by atoms with Crippen LogP contribution >= 0.6 is 11.6 Å². The van der Waals surface area contributed by atoms with Crippen molar-refractivity contribution in [3.63, 3.8) is 0 Å². The van der Waals surface area contributed by atoms with E-state index in [1.54, 1.807) is 0 Å². The van der Waals surface area contributed by atoms with E-state index in [4.69, 9.17) is 26.2 Å². The van der Waals surface area contributed by atoms with Crippen LogP contribution in [0.3, 0.4) is 0 Å². The zero-order valence-electron chi connectivity index (χ0n) is 23.4. The van der Waals surface area contributed by atoms with Gasteiger partial charge in [0.15, 0.2) is 0 Å². The highest BCUT2D eigenvalue weighted by molar-refractivity contribution is 6.36. The Balaban J connectivity index is 1.35. The Kier molecular flexibility index (Phi) is 6.85. The third kappa shape index (κ3) is 4.78. The van der Waals surface area contributed by atoms with Crippen LogP contribution in [0.5, 0.6) is 5.75 Å². The quantitative estimate of drug-likeness (QED) is 0.166. The Morgan fingerprint density at radius 1 is 1.17 bits per heavy atom. The van der Waals surface area contributed by atoms with Crippen LogP contribution in [-0.2, 0) is 14.3 Å². The molecule has 0 atom stereocenters. The zero-order chi connectivity index (χ0) is 28.9. The Morgan fingerprint density at radius 3 is 2.59 bits per heavy atom. The minimum Gasteiger partial charge on any atom is -0.490 e. The molecule has 0 bridgehead atoms. The first-order valence-electron chi connectivity index (χ1n) is 13.7. The van der Waals surface area contributed by atoms with Crippen LogP contribution in [0.15, 0.2) is 49.2 Å². The van der Waals surface area contributed by atoms with E-state index in [1.807, 2.05) is 48.4 Å². The maximum atomic E-state index is 12.0. The second-order valence-electron chi connectivity index (χ2n) is 11.1. The first-order chi connectivity index (χ1) is 19.7. The van der Waals surface area contributed by atoms with Gasteiger partial charge in [0.25, 0.3) is 0 Å². The number of hydrogen-bond donors (Lipinski definition) is 1. The second kappa shape index (κ2) is 10.4. The third-order valence-electron chi connectivity index (χ3n) is 8.27. The molecule has 3 heterocycles. The van der Waals surface area contributed by atoms with Crippen molar-refractivity contribution in [1.29, 1.82) is 0 Å². The summed E-state index contributed by atoms with van der Waals surface area (Å²) in [7, 11) is 0. The number of aromatic nitrogens is 4. The van der Waals surface area contributed by atoms with E-state index in [2.05, 4.69) is 28.4 Å². The Labute approximate surface area is 243 Å². The number of amides is 1. The van der Waals surface area contributed by atoms with Crippen molar-refractivity contribution >= 4 is 34.4 Å². The second-order valence-corrected chi connectivity index (χ2v) is 11.5. The van der Waals surface area contributed by atoms with Gasteiger partial charge in [-0.1, -0.05) is 18.2 Å². The topological polar surface area (TPSA) is 102 Å². The molecule has 1 N–H and O–H groups in total. The number of likely N-dealkylation sites (tertiary alicyclic amines) is 1. The van der Waals surface area contributed by atoms with Crippen molar-refractivity contribution in [2.75, 3.05) is 26.3 Å². The maximum absolute atomic E-state index is 12.0. The molecule has 0 unspecified atom stereocenters. The molecule has 9 nitrogen and oxygen atoms in total. The van der Waals surface area contributed by atoms with Gasteiger partial charge >= 0.3 is 5.97 Å². The molecular weight excluding hydrogens is 542 g/mol. The summed E-state index contributed by atoms with van der Waals surface area (Å²) < 4.78 is 12.8. The molecule has 41 heavy (non-hydrogen) atoms. The van der Waals surface area contributed by atoms with Crippen LogP contribution in [-0.4, -0.2) is 63.1 Å². The van der Waals surface area contributed by atoms with E-state index >= 15 is 0 Å². The number of carbonyl (C=O) groups is 2. The van der Waals surface area contributed by atoms with E-state index in [9.17, 15) is 9.59 Å². The van der Waals surface area contributed by atoms with Crippen LogP contribution in [0.4, 0.5) is 0 Å². The molecule has 4 aromatic rings. The van der Waals surface area contributed by atoms with Gasteiger partial charge in [0.2, 0.25) is 5.91 Å². The largest absolute Gasteiger partial charge is 0.490 e. The van der Waals surface area contributed by atoms with Crippen molar-refractivity contribution in [3.05, 3.63) is 65.5 Å². The van der Waals surface area contributed by atoms with Gasteiger partial charge < -0.3 is 14.4 Å². The number of fused-ring (bicyclic) bond motifs is 1. The SMILES string of the molecule is C=CC(=O)N1CC2(CC(n3nc(-c4ccc(OCCOC(C)=O)cc4)c(-c4c(Cl)c(C)cc5[nH]ncc45)c3C)C2)C1. The summed E-state index contributed by atoms with van der Waals surface area (Å²) in [5.74, 6) is 0.339. The van der Waals surface area contributed by atoms with E-state index in [0.29, 0.717) is 10.8 Å². The molecule has 2 aromatic heterocycles. The average molecular weight is 574 g/mol. The van der Waals surface area contributed by atoms with Gasteiger partial charge in [-0.2, -0.15) is 10.2 Å². The molecule has 6 rings (SSSR count). The fourth-order valence-electron chi connectivity index (χ4n) is 6.29. The molecule has 0 radical (unpaired) electrons. The van der Waals surface area contributed by atoms with Crippen LogP contribution < -0.4 is 4.74 Å². The molecule has 1 aliphatic heterocycles. The molecular formula is C31H32ClN5O4. The number of hydrogen-bond acceptors (Lipinski definition) is 6. The standard InChI is InChI=1S/C31H32ClN5O4/c1-5-26(39)36-16-31(17-36)13-22(14-31)37-19(3)27(28-24-15-33-34-25(24)12-18(2)29(28)32)30(35-37)21-6-8-23(9-7-21)41-11-10-40-20(4)38/h5-9,12,15,22H,1,10-11,13-14,16-17H2,2-4H3,(H,33,34). The monoisotopic (exact) mass is 573 g/mol. The highest BCUT2D eigenvalue weighted by Crippen LogP contribution is 2.55. The van der Waals surface area contributed by atoms with Gasteiger partial charge in [-0.05, 0) is 68.7 Å². The number of ether oxygens (including phenoxy) is 2. The lowest BCUT2D eigenvalue weighted by Crippen LogP contribution is -2.63. The normalized spacial score (nSPS) is 16.0. The van der Waals surface area contributed by atoms with Crippen molar-refractivity contribution < 1.29 is 19.1 Å².